The van der Waals surface area contributed by atoms with Crippen LogP contribution in [0.5, 0.6) is 11.5 Å². The molecule has 0 amide bonds. The monoisotopic (exact) mass is 149 g/mol. The lowest BCUT2D eigenvalue weighted by Crippen LogP contribution is -2.05. The smallest absolute Gasteiger partial charge is 0.182 e. The Balaban J connectivity index is 2.43. The van der Waals surface area contributed by atoms with E-state index in [2.05, 4.69) is 0 Å². The number of fused-ring (bicyclic) bond motifs is 1. The van der Waals surface area contributed by atoms with E-state index in [1.54, 1.807) is 12.1 Å². The van der Waals surface area contributed by atoms with Crippen molar-refractivity contribution in [1.29, 1.82) is 0 Å². The Kier molecular flexibility index (Phi) is 1.28. The second kappa shape index (κ2) is 2.16. The predicted molar refractivity (Wildman–Crippen MR) is 40.4 cm³/mol. The fourth-order valence-corrected chi connectivity index (χ4v) is 1.38. The average molecular weight is 149 g/mol. The minimum atomic E-state index is 0.0258. The van der Waals surface area contributed by atoms with Crippen LogP contribution in [-0.2, 0) is 11.5 Å². The van der Waals surface area contributed by atoms with Gasteiger partial charge in [0.15, 0.2) is 5.75 Å². The van der Waals surface area contributed by atoms with Gasteiger partial charge in [-0.3, -0.25) is 5.11 Å². The molecule has 1 aromatic carbocycles. The number of ether oxygens (including phenoxy) is 1. The van der Waals surface area contributed by atoms with Gasteiger partial charge in [0.05, 0.1) is 0 Å². The van der Waals surface area contributed by atoms with Crippen molar-refractivity contribution in [1.82, 2.24) is 0 Å². The van der Waals surface area contributed by atoms with Crippen molar-refractivity contribution < 1.29 is 9.84 Å². The Morgan fingerprint density at radius 2 is 2.36 bits per heavy atom. The highest BCUT2D eigenvalue weighted by atomic mass is 16.5. The highest BCUT2D eigenvalue weighted by Gasteiger charge is 2.18. The molecule has 2 nitrogen and oxygen atoms in total. The van der Waals surface area contributed by atoms with E-state index in [9.17, 15) is 5.11 Å². The molecule has 1 aromatic rings. The molecule has 2 heteroatoms. The van der Waals surface area contributed by atoms with Gasteiger partial charge in [-0.1, -0.05) is 6.07 Å². The van der Waals surface area contributed by atoms with Gasteiger partial charge >= 0.3 is 0 Å². The summed E-state index contributed by atoms with van der Waals surface area (Å²) in [6.07, 6.45) is 1.15. The van der Waals surface area contributed by atoms with E-state index in [-0.39, 0.29) is 11.9 Å². The largest absolute Gasteiger partial charge is 0.490 e. The van der Waals surface area contributed by atoms with Gasteiger partial charge in [0.25, 0.3) is 0 Å². The Morgan fingerprint density at radius 1 is 1.55 bits per heavy atom. The molecule has 0 saturated heterocycles. The summed E-state index contributed by atoms with van der Waals surface area (Å²) < 4.78 is 5.39. The van der Waals surface area contributed by atoms with E-state index < -0.39 is 0 Å². The van der Waals surface area contributed by atoms with Crippen molar-refractivity contribution in [2.24, 2.45) is 0 Å². The molecular weight excluding hydrogens is 140 g/mol. The predicted octanol–water partition coefficient (Wildman–Crippen LogP) is 2.15. The lowest BCUT2D eigenvalue weighted by atomic mass is 10.1. The summed E-state index contributed by atoms with van der Waals surface area (Å²) in [5.74, 6) is 0.794. The third-order valence-electron chi connectivity index (χ3n) is 1.87. The molecular formula is C9H9O2. The number of benzene rings is 1. The Bertz CT molecular complexity index is 281. The van der Waals surface area contributed by atoms with Crippen molar-refractivity contribution in [3.05, 3.63) is 23.8 Å². The third kappa shape index (κ3) is 1.04. The normalized spacial score (nSPS) is 21.0. The quantitative estimate of drug-likeness (QED) is 0.555. The van der Waals surface area contributed by atoms with Crippen LogP contribution in [0.25, 0.3) is 0 Å². The number of hydrogen-bond acceptors (Lipinski definition) is 1. The second-order valence-corrected chi connectivity index (χ2v) is 2.90. The number of hydrogen-bond donors (Lipinski definition) is 0. The molecule has 0 spiro atoms. The van der Waals surface area contributed by atoms with Crippen molar-refractivity contribution in [3.8, 4) is 11.5 Å². The van der Waals surface area contributed by atoms with Crippen LogP contribution in [0, 0.1) is 0 Å². The lowest BCUT2D eigenvalue weighted by Gasteiger charge is -2.00. The molecule has 1 unspecified atom stereocenters. The van der Waals surface area contributed by atoms with E-state index in [4.69, 9.17) is 4.74 Å². The van der Waals surface area contributed by atoms with Gasteiger partial charge in [-0.2, -0.15) is 0 Å². The van der Waals surface area contributed by atoms with Gasteiger partial charge in [-0.15, -0.1) is 0 Å². The Morgan fingerprint density at radius 3 is 3.18 bits per heavy atom. The van der Waals surface area contributed by atoms with E-state index in [1.165, 1.54) is 0 Å². The maximum Gasteiger partial charge on any atom is 0.182 e. The maximum absolute atomic E-state index is 10.9. The molecule has 1 aliphatic rings. The van der Waals surface area contributed by atoms with Crippen LogP contribution < -0.4 is 4.74 Å². The zero-order valence-corrected chi connectivity index (χ0v) is 6.33. The summed E-state index contributed by atoms with van der Waals surface area (Å²) in [6, 6.07) is 4.99. The second-order valence-electron chi connectivity index (χ2n) is 2.90. The zero-order chi connectivity index (χ0) is 7.84. The average Bonchev–Trinajstić information content (AvgIpc) is 2.27. The standard InChI is InChI=1S/C9H9O2/c1-6-4-7-2-3-8(10)5-9(7)11-6/h2-3,5-6H,4H2,1H3. The van der Waals surface area contributed by atoms with Crippen molar-refractivity contribution in [2.75, 3.05) is 0 Å². The molecule has 1 aliphatic heterocycles. The first-order valence-electron chi connectivity index (χ1n) is 3.72. The zero-order valence-electron chi connectivity index (χ0n) is 6.33. The summed E-state index contributed by atoms with van der Waals surface area (Å²) >= 11 is 0. The molecule has 0 aliphatic carbocycles. The molecule has 57 valence electrons. The van der Waals surface area contributed by atoms with Gasteiger partial charge in [0.2, 0.25) is 0 Å². The topological polar surface area (TPSA) is 29.1 Å². The fraction of sp³-hybridized carbons (Fsp3) is 0.333. The highest BCUT2D eigenvalue weighted by Crippen LogP contribution is 2.31. The molecule has 0 bridgehead atoms. The van der Waals surface area contributed by atoms with Crippen LogP contribution in [0.4, 0.5) is 0 Å². The van der Waals surface area contributed by atoms with Crippen LogP contribution in [0.15, 0.2) is 18.2 Å². The third-order valence-corrected chi connectivity index (χ3v) is 1.87. The van der Waals surface area contributed by atoms with Crippen molar-refractivity contribution >= 4 is 0 Å². The summed E-state index contributed by atoms with van der Waals surface area (Å²) in [5.41, 5.74) is 1.15. The molecule has 0 fully saturated rings. The van der Waals surface area contributed by atoms with Gasteiger partial charge in [-0.25, -0.2) is 0 Å². The summed E-state index contributed by atoms with van der Waals surface area (Å²) in [4.78, 5) is 0. The highest BCUT2D eigenvalue weighted by molar-refractivity contribution is 5.42. The summed E-state index contributed by atoms with van der Waals surface area (Å²) in [7, 11) is 0. The van der Waals surface area contributed by atoms with Crippen LogP contribution in [0.1, 0.15) is 12.5 Å². The van der Waals surface area contributed by atoms with Crippen LogP contribution in [-0.4, -0.2) is 6.10 Å². The molecule has 1 heterocycles. The fourth-order valence-electron chi connectivity index (χ4n) is 1.38. The number of rotatable bonds is 0. The van der Waals surface area contributed by atoms with Crippen LogP contribution >= 0.6 is 0 Å². The van der Waals surface area contributed by atoms with Gasteiger partial charge in [-0.05, 0) is 18.6 Å². The first-order valence-corrected chi connectivity index (χ1v) is 3.72. The van der Waals surface area contributed by atoms with Gasteiger partial charge in [0, 0.05) is 12.5 Å². The van der Waals surface area contributed by atoms with Gasteiger partial charge in [0.1, 0.15) is 11.9 Å². The Labute approximate surface area is 65.4 Å². The Hall–Kier alpha value is -1.18. The van der Waals surface area contributed by atoms with E-state index in [1.807, 2.05) is 13.0 Å². The first kappa shape index (κ1) is 6.53. The minimum absolute atomic E-state index is 0.0258. The van der Waals surface area contributed by atoms with Crippen molar-refractivity contribution in [3.63, 3.8) is 0 Å². The van der Waals surface area contributed by atoms with Gasteiger partial charge < -0.3 is 4.74 Å². The van der Waals surface area contributed by atoms with Crippen molar-refractivity contribution in [2.45, 2.75) is 19.4 Å². The molecule has 1 atom stereocenters. The minimum Gasteiger partial charge on any atom is -0.490 e. The van der Waals surface area contributed by atoms with E-state index >= 15 is 0 Å². The first-order chi connectivity index (χ1) is 5.25. The van der Waals surface area contributed by atoms with E-state index in [0.29, 0.717) is 0 Å². The summed E-state index contributed by atoms with van der Waals surface area (Å²) in [5, 5.41) is 10.9. The maximum atomic E-state index is 10.9. The molecule has 0 N–H and O–H groups in total. The van der Waals surface area contributed by atoms with E-state index in [0.717, 1.165) is 17.7 Å². The van der Waals surface area contributed by atoms with Crippen LogP contribution in [0.3, 0.4) is 0 Å². The molecule has 0 saturated carbocycles. The SMILES string of the molecule is CC1Cc2ccc([O])cc2O1. The summed E-state index contributed by atoms with van der Waals surface area (Å²) in [6.45, 7) is 2.00. The molecule has 11 heavy (non-hydrogen) atoms. The molecule has 1 radical (unpaired) electrons. The lowest BCUT2D eigenvalue weighted by molar-refractivity contribution is 0.253. The molecule has 0 aromatic heterocycles. The molecule has 2 rings (SSSR count). The van der Waals surface area contributed by atoms with Crippen LogP contribution in [0.2, 0.25) is 0 Å².